The summed E-state index contributed by atoms with van der Waals surface area (Å²) in [4.78, 5) is 2.35. The van der Waals surface area contributed by atoms with Gasteiger partial charge in [0.05, 0.1) is 12.0 Å². The number of rotatable bonds is 1. The Morgan fingerprint density at radius 1 is 1.16 bits per heavy atom. The van der Waals surface area contributed by atoms with Gasteiger partial charge in [-0.05, 0) is 44.5 Å². The maximum absolute atomic E-state index is 9.38. The third kappa shape index (κ3) is 3.23. The molecule has 1 aromatic carbocycles. The standard InChI is InChI=1S/C15H18Cl2N2/c1-15(2,3)19-8-11(7-18)14(9-19)10-4-12(16)6-13(17)5-10/h4-6,11,14H,8-9H2,1-3H3/t11-,14+/m1/s1. The summed E-state index contributed by atoms with van der Waals surface area (Å²) >= 11 is 12.1. The van der Waals surface area contributed by atoms with Gasteiger partial charge in [0.25, 0.3) is 0 Å². The van der Waals surface area contributed by atoms with Crippen LogP contribution in [-0.4, -0.2) is 23.5 Å². The normalized spacial score (nSPS) is 24.4. The molecule has 1 heterocycles. The minimum Gasteiger partial charge on any atom is -0.297 e. The summed E-state index contributed by atoms with van der Waals surface area (Å²) in [5.41, 5.74) is 1.14. The molecule has 0 bridgehead atoms. The molecular formula is C15H18Cl2N2. The molecular weight excluding hydrogens is 279 g/mol. The lowest BCUT2D eigenvalue weighted by molar-refractivity contribution is 0.170. The molecule has 0 N–H and O–H groups in total. The Kier molecular flexibility index (Phi) is 4.11. The van der Waals surface area contributed by atoms with Crippen LogP contribution in [0.3, 0.4) is 0 Å². The van der Waals surface area contributed by atoms with Crippen LogP contribution in [-0.2, 0) is 0 Å². The Morgan fingerprint density at radius 3 is 2.21 bits per heavy atom. The van der Waals surface area contributed by atoms with E-state index in [1.807, 2.05) is 12.1 Å². The predicted molar refractivity (Wildman–Crippen MR) is 79.6 cm³/mol. The molecule has 1 fully saturated rings. The number of nitrogens with zero attached hydrogens (tertiary/aromatic N) is 2. The van der Waals surface area contributed by atoms with Crippen LogP contribution in [0.2, 0.25) is 10.0 Å². The van der Waals surface area contributed by atoms with Crippen molar-refractivity contribution < 1.29 is 0 Å². The highest BCUT2D eigenvalue weighted by Gasteiger charge is 2.38. The first-order valence-corrected chi connectivity index (χ1v) is 7.17. The van der Waals surface area contributed by atoms with Gasteiger partial charge in [0, 0.05) is 34.6 Å². The number of likely N-dealkylation sites (tertiary alicyclic amines) is 1. The fourth-order valence-corrected chi connectivity index (χ4v) is 3.15. The molecule has 19 heavy (non-hydrogen) atoms. The lowest BCUT2D eigenvalue weighted by atomic mass is 9.90. The first-order valence-electron chi connectivity index (χ1n) is 6.42. The van der Waals surface area contributed by atoms with Crippen LogP contribution in [0.5, 0.6) is 0 Å². The SMILES string of the molecule is CC(C)(C)N1C[C@@H](C#N)[C@H](c2cc(Cl)cc(Cl)c2)C1. The molecule has 2 rings (SSSR count). The molecule has 102 valence electrons. The van der Waals surface area contributed by atoms with Crippen LogP contribution in [0.4, 0.5) is 0 Å². The third-order valence-corrected chi connectivity index (χ3v) is 4.18. The van der Waals surface area contributed by atoms with Crippen molar-refractivity contribution in [2.24, 2.45) is 5.92 Å². The fourth-order valence-electron chi connectivity index (χ4n) is 2.61. The summed E-state index contributed by atoms with van der Waals surface area (Å²) in [7, 11) is 0. The van der Waals surface area contributed by atoms with Gasteiger partial charge in [0.1, 0.15) is 0 Å². The first-order chi connectivity index (χ1) is 8.81. The Bertz CT molecular complexity index is 494. The minimum atomic E-state index is -0.00578. The van der Waals surface area contributed by atoms with Crippen molar-refractivity contribution in [3.8, 4) is 6.07 Å². The summed E-state index contributed by atoms with van der Waals surface area (Å²) in [6, 6.07) is 8.00. The van der Waals surface area contributed by atoms with Crippen molar-refractivity contribution in [3.05, 3.63) is 33.8 Å². The van der Waals surface area contributed by atoms with Crippen molar-refractivity contribution in [2.75, 3.05) is 13.1 Å². The largest absolute Gasteiger partial charge is 0.297 e. The van der Waals surface area contributed by atoms with Crippen molar-refractivity contribution in [3.63, 3.8) is 0 Å². The van der Waals surface area contributed by atoms with Crippen LogP contribution in [0, 0.1) is 17.2 Å². The monoisotopic (exact) mass is 296 g/mol. The number of nitriles is 1. The van der Waals surface area contributed by atoms with Gasteiger partial charge in [0.15, 0.2) is 0 Å². The van der Waals surface area contributed by atoms with E-state index in [2.05, 4.69) is 31.7 Å². The van der Waals surface area contributed by atoms with Crippen LogP contribution in [0.25, 0.3) is 0 Å². The Hall–Kier alpha value is -0.750. The van der Waals surface area contributed by atoms with Crippen molar-refractivity contribution >= 4 is 23.2 Å². The molecule has 1 aliphatic heterocycles. The van der Waals surface area contributed by atoms with Gasteiger partial charge >= 0.3 is 0 Å². The summed E-state index contributed by atoms with van der Waals surface area (Å²) in [6.45, 7) is 8.20. The molecule has 2 nitrogen and oxygen atoms in total. The molecule has 1 aliphatic rings. The topological polar surface area (TPSA) is 27.0 Å². The van der Waals surface area contributed by atoms with Gasteiger partial charge in [-0.25, -0.2) is 0 Å². The molecule has 0 aliphatic carbocycles. The van der Waals surface area contributed by atoms with Crippen LogP contribution < -0.4 is 0 Å². The molecule has 0 amide bonds. The highest BCUT2D eigenvalue weighted by atomic mass is 35.5. The van der Waals surface area contributed by atoms with E-state index < -0.39 is 0 Å². The van der Waals surface area contributed by atoms with E-state index in [-0.39, 0.29) is 17.4 Å². The van der Waals surface area contributed by atoms with Crippen LogP contribution in [0.15, 0.2) is 18.2 Å². The van der Waals surface area contributed by atoms with Crippen molar-refractivity contribution in [1.82, 2.24) is 4.90 Å². The number of hydrogen-bond acceptors (Lipinski definition) is 2. The molecule has 0 radical (unpaired) electrons. The van der Waals surface area contributed by atoms with Gasteiger partial charge in [-0.2, -0.15) is 5.26 Å². The van der Waals surface area contributed by atoms with Gasteiger partial charge in [-0.1, -0.05) is 23.2 Å². The average molecular weight is 297 g/mol. The second-order valence-electron chi connectivity index (χ2n) is 6.12. The third-order valence-electron chi connectivity index (χ3n) is 3.75. The molecule has 1 aromatic rings. The minimum absolute atomic E-state index is 0.00578. The summed E-state index contributed by atoms with van der Waals surface area (Å²) in [6.07, 6.45) is 0. The molecule has 0 saturated carbocycles. The van der Waals surface area contributed by atoms with E-state index in [0.717, 1.165) is 18.7 Å². The molecule has 1 saturated heterocycles. The Balaban J connectivity index is 2.31. The molecule has 2 atom stereocenters. The van der Waals surface area contributed by atoms with Gasteiger partial charge in [-0.3, -0.25) is 4.90 Å². The maximum Gasteiger partial charge on any atom is 0.0676 e. The average Bonchev–Trinajstić information content (AvgIpc) is 2.71. The van der Waals surface area contributed by atoms with E-state index in [9.17, 15) is 5.26 Å². The Morgan fingerprint density at radius 2 is 1.74 bits per heavy atom. The lowest BCUT2D eigenvalue weighted by Gasteiger charge is -2.31. The second-order valence-corrected chi connectivity index (χ2v) is 6.99. The van der Waals surface area contributed by atoms with Gasteiger partial charge in [0.2, 0.25) is 0 Å². The second kappa shape index (κ2) is 5.32. The van der Waals surface area contributed by atoms with Crippen LogP contribution >= 0.6 is 23.2 Å². The zero-order valence-corrected chi connectivity index (χ0v) is 13.0. The first kappa shape index (κ1) is 14.7. The van der Waals surface area contributed by atoms with E-state index in [1.54, 1.807) is 6.07 Å². The highest BCUT2D eigenvalue weighted by Crippen LogP contribution is 2.37. The fraction of sp³-hybridized carbons (Fsp3) is 0.533. The number of hydrogen-bond donors (Lipinski definition) is 0. The molecule has 0 unspecified atom stereocenters. The molecule has 0 aromatic heterocycles. The Labute approximate surface area is 124 Å². The summed E-state index contributed by atoms with van der Waals surface area (Å²) in [5, 5.41) is 10.6. The van der Waals surface area contributed by atoms with E-state index in [4.69, 9.17) is 23.2 Å². The smallest absolute Gasteiger partial charge is 0.0676 e. The van der Waals surface area contributed by atoms with Crippen molar-refractivity contribution in [2.45, 2.75) is 32.2 Å². The zero-order chi connectivity index (χ0) is 14.2. The van der Waals surface area contributed by atoms with Crippen LogP contribution in [0.1, 0.15) is 32.3 Å². The number of benzene rings is 1. The van der Waals surface area contributed by atoms with Gasteiger partial charge < -0.3 is 0 Å². The van der Waals surface area contributed by atoms with E-state index in [1.165, 1.54) is 0 Å². The van der Waals surface area contributed by atoms with E-state index in [0.29, 0.717) is 10.0 Å². The molecule has 0 spiro atoms. The van der Waals surface area contributed by atoms with Gasteiger partial charge in [-0.15, -0.1) is 0 Å². The quantitative estimate of drug-likeness (QED) is 0.771. The lowest BCUT2D eigenvalue weighted by Crippen LogP contribution is -2.39. The highest BCUT2D eigenvalue weighted by molar-refractivity contribution is 6.34. The number of halogens is 2. The molecule has 4 heteroatoms. The summed E-state index contributed by atoms with van der Waals surface area (Å²) in [5.74, 6) is 0.175. The summed E-state index contributed by atoms with van der Waals surface area (Å²) < 4.78 is 0. The van der Waals surface area contributed by atoms with E-state index >= 15 is 0 Å². The zero-order valence-electron chi connectivity index (χ0n) is 11.5. The van der Waals surface area contributed by atoms with Crippen molar-refractivity contribution in [1.29, 1.82) is 5.26 Å². The maximum atomic E-state index is 9.38. The predicted octanol–water partition coefficient (Wildman–Crippen LogP) is 4.33.